The predicted octanol–water partition coefficient (Wildman–Crippen LogP) is 2.65. The normalized spacial score (nSPS) is 9.91. The summed E-state index contributed by atoms with van der Waals surface area (Å²) in [7, 11) is 1.74. The van der Waals surface area contributed by atoms with Crippen molar-refractivity contribution in [3.05, 3.63) is 53.2 Å². The molecule has 0 aliphatic carbocycles. The molecule has 2 aromatic rings. The van der Waals surface area contributed by atoms with Crippen molar-refractivity contribution in [1.82, 2.24) is 4.98 Å². The van der Waals surface area contributed by atoms with Crippen LogP contribution in [-0.2, 0) is 4.79 Å². The van der Waals surface area contributed by atoms with Gasteiger partial charge in [0.15, 0.2) is 0 Å². The lowest BCUT2D eigenvalue weighted by Gasteiger charge is -2.19. The van der Waals surface area contributed by atoms with Crippen LogP contribution in [0.25, 0.3) is 0 Å². The van der Waals surface area contributed by atoms with Crippen LogP contribution >= 0.6 is 0 Å². The molecule has 0 aliphatic rings. The van der Waals surface area contributed by atoms with Crippen LogP contribution in [0.15, 0.2) is 36.5 Å². The van der Waals surface area contributed by atoms with Crippen LogP contribution in [0.2, 0.25) is 0 Å². The van der Waals surface area contributed by atoms with Crippen molar-refractivity contribution in [2.24, 2.45) is 0 Å². The minimum Gasteiger partial charge on any atom is -0.349 e. The van der Waals surface area contributed by atoms with Gasteiger partial charge in [-0.15, -0.1) is 0 Å². The fourth-order valence-corrected chi connectivity index (χ4v) is 2.27. The fourth-order valence-electron chi connectivity index (χ4n) is 2.27. The lowest BCUT2D eigenvalue weighted by atomic mass is 10.1. The number of carbonyl (C=O) groups excluding carboxylic acids is 1. The summed E-state index contributed by atoms with van der Waals surface area (Å²) >= 11 is 0. The number of rotatable bonds is 4. The molecule has 1 aromatic heterocycles. The summed E-state index contributed by atoms with van der Waals surface area (Å²) in [5.74, 6) is 0.357. The summed E-state index contributed by atoms with van der Waals surface area (Å²) < 4.78 is 0. The third-order valence-electron chi connectivity index (χ3n) is 3.40. The zero-order chi connectivity index (χ0) is 16.1. The summed E-state index contributed by atoms with van der Waals surface area (Å²) in [6.07, 6.45) is 1.61. The Kier molecular flexibility index (Phi) is 4.74. The maximum atomic E-state index is 12.2. The minimum atomic E-state index is -0.144. The molecule has 5 heteroatoms. The number of amides is 1. The number of nitrogens with zero attached hydrogens (tertiary/aromatic N) is 3. The summed E-state index contributed by atoms with van der Waals surface area (Å²) in [5, 5.41) is 12.0. The quantitative estimate of drug-likeness (QED) is 0.941. The first-order valence-corrected chi connectivity index (χ1v) is 6.95. The van der Waals surface area contributed by atoms with Gasteiger partial charge in [0.25, 0.3) is 0 Å². The van der Waals surface area contributed by atoms with Gasteiger partial charge >= 0.3 is 0 Å². The molecule has 0 saturated heterocycles. The van der Waals surface area contributed by atoms with Crippen molar-refractivity contribution >= 4 is 17.4 Å². The van der Waals surface area contributed by atoms with E-state index < -0.39 is 0 Å². The molecule has 0 saturated carbocycles. The molecule has 0 radical (unpaired) electrons. The standard InChI is InChI=1S/C17H18N4O/c1-12-6-4-7-13(2)16(12)20-15(22)11-21(3)17-14(10-18)8-5-9-19-17/h4-9H,11H2,1-3H3,(H,20,22). The number of para-hydroxylation sites is 1. The fraction of sp³-hybridized carbons (Fsp3) is 0.235. The van der Waals surface area contributed by atoms with Gasteiger partial charge in [0.05, 0.1) is 12.1 Å². The molecule has 2 rings (SSSR count). The van der Waals surface area contributed by atoms with Crippen molar-refractivity contribution in [2.45, 2.75) is 13.8 Å². The first-order valence-electron chi connectivity index (χ1n) is 6.95. The van der Waals surface area contributed by atoms with E-state index in [2.05, 4.69) is 16.4 Å². The molecule has 112 valence electrons. The zero-order valence-electron chi connectivity index (χ0n) is 12.9. The number of nitrogens with one attached hydrogen (secondary N) is 1. The van der Waals surface area contributed by atoms with Gasteiger partial charge in [-0.3, -0.25) is 4.79 Å². The van der Waals surface area contributed by atoms with Gasteiger partial charge in [-0.1, -0.05) is 18.2 Å². The molecule has 1 amide bonds. The van der Waals surface area contributed by atoms with Crippen molar-refractivity contribution in [2.75, 3.05) is 23.8 Å². The number of pyridine rings is 1. The van der Waals surface area contributed by atoms with Crippen LogP contribution in [0.3, 0.4) is 0 Å². The first-order chi connectivity index (χ1) is 10.5. The lowest BCUT2D eigenvalue weighted by molar-refractivity contribution is -0.114. The topological polar surface area (TPSA) is 69.0 Å². The van der Waals surface area contributed by atoms with E-state index in [0.717, 1.165) is 16.8 Å². The first kappa shape index (κ1) is 15.5. The van der Waals surface area contributed by atoms with Gasteiger partial charge in [-0.05, 0) is 37.1 Å². The van der Waals surface area contributed by atoms with Crippen molar-refractivity contribution in [3.8, 4) is 6.07 Å². The largest absolute Gasteiger partial charge is 0.349 e. The molecule has 1 heterocycles. The highest BCUT2D eigenvalue weighted by Crippen LogP contribution is 2.20. The Hall–Kier alpha value is -2.87. The van der Waals surface area contributed by atoms with Crippen LogP contribution < -0.4 is 10.2 Å². The van der Waals surface area contributed by atoms with Crippen LogP contribution in [-0.4, -0.2) is 24.5 Å². The maximum absolute atomic E-state index is 12.2. The summed E-state index contributed by atoms with van der Waals surface area (Å²) in [6, 6.07) is 11.3. The molecule has 0 bridgehead atoms. The van der Waals surface area contributed by atoms with E-state index in [1.165, 1.54) is 0 Å². The molecule has 5 nitrogen and oxygen atoms in total. The van der Waals surface area contributed by atoms with Gasteiger partial charge in [0.1, 0.15) is 11.9 Å². The molecule has 1 N–H and O–H groups in total. The number of carbonyl (C=O) groups is 1. The number of aromatic nitrogens is 1. The van der Waals surface area contributed by atoms with E-state index >= 15 is 0 Å². The average Bonchev–Trinajstić information content (AvgIpc) is 2.51. The minimum absolute atomic E-state index is 0.124. The Bertz CT molecular complexity index is 713. The van der Waals surface area contributed by atoms with Gasteiger partial charge in [-0.25, -0.2) is 4.98 Å². The third kappa shape index (κ3) is 3.41. The van der Waals surface area contributed by atoms with E-state index in [-0.39, 0.29) is 12.5 Å². The molecule has 0 aliphatic heterocycles. The van der Waals surface area contributed by atoms with Crippen molar-refractivity contribution < 1.29 is 4.79 Å². The van der Waals surface area contributed by atoms with Gasteiger partial charge in [0, 0.05) is 18.9 Å². The van der Waals surface area contributed by atoms with E-state index in [0.29, 0.717) is 11.4 Å². The second kappa shape index (κ2) is 6.72. The van der Waals surface area contributed by atoms with Crippen LogP contribution in [0.4, 0.5) is 11.5 Å². The second-order valence-electron chi connectivity index (χ2n) is 5.16. The van der Waals surface area contributed by atoms with E-state index in [1.807, 2.05) is 32.0 Å². The number of benzene rings is 1. The maximum Gasteiger partial charge on any atom is 0.243 e. The molecular weight excluding hydrogens is 276 g/mol. The highest BCUT2D eigenvalue weighted by molar-refractivity contribution is 5.95. The third-order valence-corrected chi connectivity index (χ3v) is 3.40. The van der Waals surface area contributed by atoms with Crippen LogP contribution in [0, 0.1) is 25.2 Å². The Balaban J connectivity index is 2.11. The highest BCUT2D eigenvalue weighted by Gasteiger charge is 2.13. The predicted molar refractivity (Wildman–Crippen MR) is 86.8 cm³/mol. The van der Waals surface area contributed by atoms with Crippen molar-refractivity contribution in [1.29, 1.82) is 5.26 Å². The summed E-state index contributed by atoms with van der Waals surface area (Å²) in [6.45, 7) is 4.04. The summed E-state index contributed by atoms with van der Waals surface area (Å²) in [5.41, 5.74) is 3.32. The number of likely N-dealkylation sites (N-methyl/N-ethyl adjacent to an activating group) is 1. The van der Waals surface area contributed by atoms with E-state index in [9.17, 15) is 4.79 Å². The van der Waals surface area contributed by atoms with Gasteiger partial charge < -0.3 is 10.2 Å². The number of aryl methyl sites for hydroxylation is 2. The Morgan fingerprint density at radius 1 is 1.27 bits per heavy atom. The Morgan fingerprint density at radius 2 is 1.95 bits per heavy atom. The molecule has 0 fully saturated rings. The number of nitriles is 1. The van der Waals surface area contributed by atoms with Gasteiger partial charge in [-0.2, -0.15) is 5.26 Å². The van der Waals surface area contributed by atoms with Gasteiger partial charge in [0.2, 0.25) is 5.91 Å². The van der Waals surface area contributed by atoms with E-state index in [1.54, 1.807) is 30.3 Å². The zero-order valence-corrected chi connectivity index (χ0v) is 12.9. The van der Waals surface area contributed by atoms with Crippen LogP contribution in [0.5, 0.6) is 0 Å². The number of hydrogen-bond donors (Lipinski definition) is 1. The van der Waals surface area contributed by atoms with E-state index in [4.69, 9.17) is 5.26 Å². The van der Waals surface area contributed by atoms with Crippen molar-refractivity contribution in [3.63, 3.8) is 0 Å². The molecular formula is C17H18N4O. The number of hydrogen-bond acceptors (Lipinski definition) is 4. The summed E-state index contributed by atoms with van der Waals surface area (Å²) in [4.78, 5) is 18.1. The second-order valence-corrected chi connectivity index (χ2v) is 5.16. The Morgan fingerprint density at radius 3 is 2.59 bits per heavy atom. The molecule has 1 aromatic carbocycles. The molecule has 0 atom stereocenters. The smallest absolute Gasteiger partial charge is 0.243 e. The molecule has 22 heavy (non-hydrogen) atoms. The average molecular weight is 294 g/mol. The lowest BCUT2D eigenvalue weighted by Crippen LogP contribution is -2.31. The van der Waals surface area contributed by atoms with Crippen LogP contribution in [0.1, 0.15) is 16.7 Å². The molecule has 0 spiro atoms. The number of anilines is 2. The highest BCUT2D eigenvalue weighted by atomic mass is 16.2. The monoisotopic (exact) mass is 294 g/mol. The Labute approximate surface area is 130 Å². The SMILES string of the molecule is Cc1cccc(C)c1NC(=O)CN(C)c1ncccc1C#N. The molecule has 0 unspecified atom stereocenters.